The Hall–Kier alpha value is 0. The second kappa shape index (κ2) is 6.51. The van der Waals surface area contributed by atoms with Gasteiger partial charge in [-0.1, -0.05) is 47.5 Å². The molecule has 0 aliphatic heterocycles. The predicted octanol–water partition coefficient (Wildman–Crippen LogP) is 4.49. The molecule has 0 spiro atoms. The summed E-state index contributed by atoms with van der Waals surface area (Å²) in [5.74, 6) is 3.03. The van der Waals surface area contributed by atoms with E-state index >= 15 is 0 Å². The van der Waals surface area contributed by atoms with Crippen molar-refractivity contribution in [3.05, 3.63) is 0 Å². The van der Waals surface area contributed by atoms with E-state index in [0.717, 1.165) is 17.8 Å². The lowest BCUT2D eigenvalue weighted by atomic mass is 9.75. The van der Waals surface area contributed by atoms with Gasteiger partial charge >= 0.3 is 0 Å². The van der Waals surface area contributed by atoms with Gasteiger partial charge in [0.15, 0.2) is 0 Å². The van der Waals surface area contributed by atoms with Gasteiger partial charge in [-0.2, -0.15) is 0 Å². The Morgan fingerprint density at radius 2 is 1.67 bits per heavy atom. The van der Waals surface area contributed by atoms with Crippen molar-refractivity contribution in [2.45, 2.75) is 60.3 Å². The Morgan fingerprint density at radius 3 is 2.08 bits per heavy atom. The number of hydrogen-bond donors (Lipinski definition) is 0. The largest absolute Gasteiger partial charge is 0.0683 e. The summed E-state index contributed by atoms with van der Waals surface area (Å²) in [6, 6.07) is 0. The van der Waals surface area contributed by atoms with Crippen LogP contribution >= 0.6 is 0 Å². The minimum Gasteiger partial charge on any atom is -0.0683 e. The molecule has 0 amide bonds. The molecule has 0 heteroatoms. The molecule has 0 radical (unpaired) electrons. The van der Waals surface area contributed by atoms with Gasteiger partial charge in [0.25, 0.3) is 0 Å². The van der Waals surface area contributed by atoms with Gasteiger partial charge in [0, 0.05) is 0 Å². The molecular formula is C12H26. The fourth-order valence-corrected chi connectivity index (χ4v) is 2.33. The van der Waals surface area contributed by atoms with E-state index in [1.807, 2.05) is 13.8 Å². The van der Waals surface area contributed by atoms with E-state index in [1.165, 1.54) is 25.7 Å². The molecule has 1 fully saturated rings. The maximum absolute atomic E-state index is 2.42. The third kappa shape index (κ3) is 3.60. The predicted molar refractivity (Wildman–Crippen MR) is 57.3 cm³/mol. The van der Waals surface area contributed by atoms with E-state index in [4.69, 9.17) is 0 Å². The quantitative estimate of drug-likeness (QED) is 0.543. The minimum atomic E-state index is 0.994. The third-order valence-corrected chi connectivity index (χ3v) is 3.13. The monoisotopic (exact) mass is 170 g/mol. The van der Waals surface area contributed by atoms with Crippen molar-refractivity contribution in [3.8, 4) is 0 Å². The lowest BCUT2D eigenvalue weighted by Crippen LogP contribution is -2.20. The van der Waals surface area contributed by atoms with E-state index in [-0.39, 0.29) is 0 Å². The van der Waals surface area contributed by atoms with Gasteiger partial charge in [-0.05, 0) is 30.6 Å². The second-order valence-corrected chi connectivity index (χ2v) is 4.06. The molecule has 0 aromatic carbocycles. The highest BCUT2D eigenvalue weighted by Gasteiger charge is 2.23. The van der Waals surface area contributed by atoms with E-state index in [9.17, 15) is 0 Å². The van der Waals surface area contributed by atoms with Gasteiger partial charge in [0.2, 0.25) is 0 Å². The van der Waals surface area contributed by atoms with Crippen LogP contribution in [0.15, 0.2) is 0 Å². The normalized spacial score (nSPS) is 35.2. The number of hydrogen-bond acceptors (Lipinski definition) is 0. The lowest BCUT2D eigenvalue weighted by molar-refractivity contribution is 0.200. The Morgan fingerprint density at radius 1 is 1.08 bits per heavy atom. The van der Waals surface area contributed by atoms with Crippen LogP contribution in [0.1, 0.15) is 60.3 Å². The molecule has 12 heavy (non-hydrogen) atoms. The van der Waals surface area contributed by atoms with Crippen LogP contribution in [-0.4, -0.2) is 0 Å². The molecule has 0 N–H and O–H groups in total. The zero-order chi connectivity index (χ0) is 9.56. The van der Waals surface area contributed by atoms with E-state index in [0.29, 0.717) is 0 Å². The first kappa shape index (κ1) is 12.0. The van der Waals surface area contributed by atoms with E-state index in [2.05, 4.69) is 20.8 Å². The topological polar surface area (TPSA) is 0 Å². The molecule has 0 saturated heterocycles. The van der Waals surface area contributed by atoms with Gasteiger partial charge in [0.1, 0.15) is 0 Å². The van der Waals surface area contributed by atoms with Crippen LogP contribution in [0.25, 0.3) is 0 Å². The SMILES string of the molecule is CC.CCC1CCC(C)CC1C. The van der Waals surface area contributed by atoms with Crippen molar-refractivity contribution in [2.75, 3.05) is 0 Å². The molecule has 3 unspecified atom stereocenters. The fraction of sp³-hybridized carbons (Fsp3) is 1.00. The fourth-order valence-electron chi connectivity index (χ4n) is 2.33. The van der Waals surface area contributed by atoms with Gasteiger partial charge < -0.3 is 0 Å². The van der Waals surface area contributed by atoms with Crippen LogP contribution in [-0.2, 0) is 0 Å². The zero-order valence-electron chi connectivity index (χ0n) is 9.56. The van der Waals surface area contributed by atoms with Gasteiger partial charge in [-0.3, -0.25) is 0 Å². The van der Waals surface area contributed by atoms with Crippen LogP contribution in [0.3, 0.4) is 0 Å². The molecule has 0 bridgehead atoms. The minimum absolute atomic E-state index is 0.994. The Kier molecular flexibility index (Phi) is 6.51. The molecule has 74 valence electrons. The average Bonchev–Trinajstić information content (AvgIpc) is 2.08. The van der Waals surface area contributed by atoms with Crippen LogP contribution in [0.5, 0.6) is 0 Å². The summed E-state index contributed by atoms with van der Waals surface area (Å²) in [5, 5.41) is 0. The second-order valence-electron chi connectivity index (χ2n) is 4.06. The summed E-state index contributed by atoms with van der Waals surface area (Å²) in [5.41, 5.74) is 0. The molecule has 1 aliphatic rings. The first-order valence-electron chi connectivity index (χ1n) is 5.74. The summed E-state index contributed by atoms with van der Waals surface area (Å²) in [4.78, 5) is 0. The maximum atomic E-state index is 2.42. The number of rotatable bonds is 1. The molecule has 1 saturated carbocycles. The molecular weight excluding hydrogens is 144 g/mol. The smallest absolute Gasteiger partial charge is 0.0391 e. The van der Waals surface area contributed by atoms with Crippen LogP contribution in [0.2, 0.25) is 0 Å². The molecule has 1 aliphatic carbocycles. The van der Waals surface area contributed by atoms with Crippen molar-refractivity contribution in [1.29, 1.82) is 0 Å². The zero-order valence-corrected chi connectivity index (χ0v) is 9.56. The Labute approximate surface area is 78.8 Å². The van der Waals surface area contributed by atoms with Crippen molar-refractivity contribution in [3.63, 3.8) is 0 Å². The summed E-state index contributed by atoms with van der Waals surface area (Å²) in [6.45, 7) is 11.1. The van der Waals surface area contributed by atoms with Crippen LogP contribution in [0, 0.1) is 17.8 Å². The van der Waals surface area contributed by atoms with Crippen molar-refractivity contribution in [2.24, 2.45) is 17.8 Å². The highest BCUT2D eigenvalue weighted by Crippen LogP contribution is 2.34. The van der Waals surface area contributed by atoms with Crippen LogP contribution < -0.4 is 0 Å². The highest BCUT2D eigenvalue weighted by atomic mass is 14.3. The van der Waals surface area contributed by atoms with Gasteiger partial charge in [-0.25, -0.2) is 0 Å². The lowest BCUT2D eigenvalue weighted by Gasteiger charge is -2.31. The summed E-state index contributed by atoms with van der Waals surface area (Å²) >= 11 is 0. The van der Waals surface area contributed by atoms with E-state index in [1.54, 1.807) is 0 Å². The molecule has 3 atom stereocenters. The first-order chi connectivity index (χ1) is 5.74. The first-order valence-corrected chi connectivity index (χ1v) is 5.74. The van der Waals surface area contributed by atoms with Gasteiger partial charge in [-0.15, -0.1) is 0 Å². The van der Waals surface area contributed by atoms with E-state index < -0.39 is 0 Å². The average molecular weight is 170 g/mol. The van der Waals surface area contributed by atoms with Crippen molar-refractivity contribution >= 4 is 0 Å². The standard InChI is InChI=1S/C10H20.C2H6/c1-4-10-6-5-8(2)7-9(10)3;1-2/h8-10H,4-7H2,1-3H3;1-2H3. The van der Waals surface area contributed by atoms with Crippen LogP contribution in [0.4, 0.5) is 0 Å². The Bertz CT molecular complexity index is 96.2. The molecule has 1 rings (SSSR count). The maximum Gasteiger partial charge on any atom is -0.0391 e. The summed E-state index contributed by atoms with van der Waals surface area (Å²) in [6.07, 6.45) is 5.83. The Balaban J connectivity index is 0.000000561. The molecule has 0 aromatic rings. The van der Waals surface area contributed by atoms with Crippen molar-refractivity contribution in [1.82, 2.24) is 0 Å². The summed E-state index contributed by atoms with van der Waals surface area (Å²) < 4.78 is 0. The summed E-state index contributed by atoms with van der Waals surface area (Å²) in [7, 11) is 0. The third-order valence-electron chi connectivity index (χ3n) is 3.13. The van der Waals surface area contributed by atoms with Crippen molar-refractivity contribution < 1.29 is 0 Å². The molecule has 0 nitrogen and oxygen atoms in total. The molecule has 0 aromatic heterocycles. The van der Waals surface area contributed by atoms with Gasteiger partial charge in [0.05, 0.1) is 0 Å². The highest BCUT2D eigenvalue weighted by molar-refractivity contribution is 4.74. The molecule has 0 heterocycles.